The van der Waals surface area contributed by atoms with Gasteiger partial charge in [-0.1, -0.05) is 0 Å². The molecule has 0 aromatic carbocycles. The molecule has 0 unspecified atom stereocenters. The van der Waals surface area contributed by atoms with Crippen molar-refractivity contribution >= 4 is 11.8 Å². The molecule has 7 heteroatoms. The monoisotopic (exact) mass is 269 g/mol. The highest BCUT2D eigenvalue weighted by Crippen LogP contribution is 1.98. The first kappa shape index (κ1) is 15.0. The van der Waals surface area contributed by atoms with Gasteiger partial charge in [-0.3, -0.25) is 9.59 Å². The highest BCUT2D eigenvalue weighted by molar-refractivity contribution is 5.94. The minimum Gasteiger partial charge on any atom is -0.383 e. The van der Waals surface area contributed by atoms with Gasteiger partial charge in [0.15, 0.2) is 0 Å². The molecule has 1 heterocycles. The van der Waals surface area contributed by atoms with E-state index in [-0.39, 0.29) is 24.4 Å². The van der Waals surface area contributed by atoms with Gasteiger partial charge in [-0.2, -0.15) is 4.39 Å². The maximum atomic E-state index is 12.5. The predicted octanol–water partition coefficient (Wildman–Crippen LogP) is 0.103. The van der Waals surface area contributed by atoms with Crippen LogP contribution < -0.4 is 10.6 Å². The molecule has 6 nitrogen and oxygen atoms in total. The van der Waals surface area contributed by atoms with Gasteiger partial charge >= 0.3 is 0 Å². The SMILES string of the molecule is COCCNC(=O)CCNC(=O)c1ccc(F)nc1. The lowest BCUT2D eigenvalue weighted by atomic mass is 10.2. The summed E-state index contributed by atoms with van der Waals surface area (Å²) in [4.78, 5) is 26.2. The summed E-state index contributed by atoms with van der Waals surface area (Å²) in [6.45, 7) is 1.08. The molecule has 0 fully saturated rings. The third-order valence-electron chi connectivity index (χ3n) is 2.26. The Bertz CT molecular complexity index is 423. The minimum absolute atomic E-state index is 0.171. The Morgan fingerprint density at radius 2 is 2.11 bits per heavy atom. The van der Waals surface area contributed by atoms with Gasteiger partial charge in [0.2, 0.25) is 11.9 Å². The quantitative estimate of drug-likeness (QED) is 0.543. The van der Waals surface area contributed by atoms with Crippen LogP contribution in [0.4, 0.5) is 4.39 Å². The second-order valence-corrected chi connectivity index (χ2v) is 3.72. The molecule has 19 heavy (non-hydrogen) atoms. The predicted molar refractivity (Wildman–Crippen MR) is 66.0 cm³/mol. The Kier molecular flexibility index (Phi) is 6.45. The molecular formula is C12H16FN3O3. The number of nitrogens with zero attached hydrogens (tertiary/aromatic N) is 1. The van der Waals surface area contributed by atoms with Crippen molar-refractivity contribution in [2.24, 2.45) is 0 Å². The Balaban J connectivity index is 2.23. The zero-order valence-electron chi connectivity index (χ0n) is 10.6. The smallest absolute Gasteiger partial charge is 0.252 e. The zero-order chi connectivity index (χ0) is 14.1. The van der Waals surface area contributed by atoms with Gasteiger partial charge in [0.05, 0.1) is 12.2 Å². The van der Waals surface area contributed by atoms with Gasteiger partial charge in [-0.15, -0.1) is 0 Å². The Morgan fingerprint density at radius 3 is 2.74 bits per heavy atom. The summed E-state index contributed by atoms with van der Waals surface area (Å²) in [6.07, 6.45) is 1.31. The van der Waals surface area contributed by atoms with E-state index in [0.717, 1.165) is 12.3 Å². The molecule has 2 amide bonds. The number of amides is 2. The van der Waals surface area contributed by atoms with Crippen LogP contribution in [0, 0.1) is 5.95 Å². The van der Waals surface area contributed by atoms with Crippen LogP contribution in [0.25, 0.3) is 0 Å². The summed E-state index contributed by atoms with van der Waals surface area (Å²) < 4.78 is 17.3. The van der Waals surface area contributed by atoms with E-state index in [1.807, 2.05) is 0 Å². The van der Waals surface area contributed by atoms with Crippen LogP contribution in [-0.4, -0.2) is 43.6 Å². The Hall–Kier alpha value is -2.02. The first-order valence-electron chi connectivity index (χ1n) is 5.79. The number of hydrogen-bond donors (Lipinski definition) is 2. The second-order valence-electron chi connectivity index (χ2n) is 3.72. The number of carbonyl (C=O) groups excluding carboxylic acids is 2. The molecular weight excluding hydrogens is 253 g/mol. The fourth-order valence-corrected chi connectivity index (χ4v) is 1.28. The van der Waals surface area contributed by atoms with Gasteiger partial charge in [0.25, 0.3) is 5.91 Å². The average molecular weight is 269 g/mol. The standard InChI is InChI=1S/C12H16FN3O3/c1-19-7-6-14-11(17)4-5-15-12(18)9-2-3-10(13)16-8-9/h2-3,8H,4-7H2,1H3,(H,14,17)(H,15,18). The molecule has 104 valence electrons. The molecule has 0 spiro atoms. The number of rotatable bonds is 7. The van der Waals surface area contributed by atoms with E-state index < -0.39 is 11.9 Å². The lowest BCUT2D eigenvalue weighted by Crippen LogP contribution is -2.32. The Morgan fingerprint density at radius 1 is 1.32 bits per heavy atom. The molecule has 0 aliphatic carbocycles. The number of carbonyl (C=O) groups is 2. The summed E-state index contributed by atoms with van der Waals surface area (Å²) in [5.74, 6) is -1.21. The van der Waals surface area contributed by atoms with E-state index in [0.29, 0.717) is 13.2 Å². The van der Waals surface area contributed by atoms with Crippen molar-refractivity contribution in [3.8, 4) is 0 Å². The van der Waals surface area contributed by atoms with E-state index in [9.17, 15) is 14.0 Å². The van der Waals surface area contributed by atoms with Crippen LogP contribution >= 0.6 is 0 Å². The largest absolute Gasteiger partial charge is 0.383 e. The van der Waals surface area contributed by atoms with E-state index in [4.69, 9.17) is 4.74 Å². The average Bonchev–Trinajstić information content (AvgIpc) is 2.39. The van der Waals surface area contributed by atoms with Crippen molar-refractivity contribution < 1.29 is 18.7 Å². The Labute approximate surface area is 110 Å². The van der Waals surface area contributed by atoms with Gasteiger partial charge < -0.3 is 15.4 Å². The molecule has 0 saturated carbocycles. The van der Waals surface area contributed by atoms with Crippen LogP contribution in [0.3, 0.4) is 0 Å². The van der Waals surface area contributed by atoms with Crippen LogP contribution in [0.15, 0.2) is 18.3 Å². The molecule has 1 aromatic rings. The molecule has 0 saturated heterocycles. The number of methoxy groups -OCH3 is 1. The number of nitrogens with one attached hydrogen (secondary N) is 2. The van der Waals surface area contributed by atoms with E-state index in [1.54, 1.807) is 7.11 Å². The lowest BCUT2D eigenvalue weighted by molar-refractivity contribution is -0.121. The lowest BCUT2D eigenvalue weighted by Gasteiger charge is -2.06. The fourth-order valence-electron chi connectivity index (χ4n) is 1.28. The maximum Gasteiger partial charge on any atom is 0.252 e. The number of hydrogen-bond acceptors (Lipinski definition) is 4. The third-order valence-corrected chi connectivity index (χ3v) is 2.26. The number of pyridine rings is 1. The minimum atomic E-state index is -0.644. The van der Waals surface area contributed by atoms with Crippen molar-refractivity contribution in [3.63, 3.8) is 0 Å². The number of aromatic nitrogens is 1. The van der Waals surface area contributed by atoms with Crippen molar-refractivity contribution in [3.05, 3.63) is 29.8 Å². The highest BCUT2D eigenvalue weighted by atomic mass is 19.1. The molecule has 0 atom stereocenters. The van der Waals surface area contributed by atoms with Gasteiger partial charge in [-0.05, 0) is 12.1 Å². The zero-order valence-corrected chi connectivity index (χ0v) is 10.6. The van der Waals surface area contributed by atoms with Crippen LogP contribution in [0.5, 0.6) is 0 Å². The molecule has 0 bridgehead atoms. The summed E-state index contributed by atoms with van der Waals surface area (Å²) in [6, 6.07) is 2.43. The molecule has 0 aliphatic heterocycles. The fraction of sp³-hybridized carbons (Fsp3) is 0.417. The summed E-state index contributed by atoms with van der Waals surface area (Å²) >= 11 is 0. The molecule has 2 N–H and O–H groups in total. The molecule has 1 aromatic heterocycles. The second kappa shape index (κ2) is 8.15. The summed E-state index contributed by atoms with van der Waals surface area (Å²) in [5.41, 5.74) is 0.251. The highest BCUT2D eigenvalue weighted by Gasteiger charge is 2.07. The number of halogens is 1. The van der Waals surface area contributed by atoms with Gasteiger partial charge in [0, 0.05) is 32.8 Å². The van der Waals surface area contributed by atoms with E-state index in [2.05, 4.69) is 15.6 Å². The molecule has 1 rings (SSSR count). The third kappa shape index (κ3) is 5.91. The van der Waals surface area contributed by atoms with Crippen LogP contribution in [0.2, 0.25) is 0 Å². The summed E-state index contributed by atoms with van der Waals surface area (Å²) in [7, 11) is 1.54. The number of ether oxygens (including phenoxy) is 1. The van der Waals surface area contributed by atoms with Crippen LogP contribution in [0.1, 0.15) is 16.8 Å². The van der Waals surface area contributed by atoms with Gasteiger partial charge in [-0.25, -0.2) is 4.98 Å². The van der Waals surface area contributed by atoms with Crippen molar-refractivity contribution in [1.82, 2.24) is 15.6 Å². The maximum absolute atomic E-state index is 12.5. The van der Waals surface area contributed by atoms with Crippen molar-refractivity contribution in [2.75, 3.05) is 26.8 Å². The van der Waals surface area contributed by atoms with E-state index in [1.165, 1.54) is 6.07 Å². The van der Waals surface area contributed by atoms with Crippen molar-refractivity contribution in [2.45, 2.75) is 6.42 Å². The molecule has 0 aliphatic rings. The van der Waals surface area contributed by atoms with E-state index >= 15 is 0 Å². The van der Waals surface area contributed by atoms with Crippen molar-refractivity contribution in [1.29, 1.82) is 0 Å². The normalized spacial score (nSPS) is 10.0. The topological polar surface area (TPSA) is 80.3 Å². The molecule has 0 radical (unpaired) electrons. The first-order valence-corrected chi connectivity index (χ1v) is 5.79. The van der Waals surface area contributed by atoms with Gasteiger partial charge in [0.1, 0.15) is 0 Å². The summed E-state index contributed by atoms with van der Waals surface area (Å²) in [5, 5.41) is 5.17. The van der Waals surface area contributed by atoms with Crippen LogP contribution in [-0.2, 0) is 9.53 Å². The first-order chi connectivity index (χ1) is 9.13.